The van der Waals surface area contributed by atoms with Gasteiger partial charge >= 0.3 is 0 Å². The Labute approximate surface area is 120 Å². The Morgan fingerprint density at radius 1 is 1.37 bits per heavy atom. The van der Waals surface area contributed by atoms with Crippen LogP contribution in [-0.4, -0.2) is 19.7 Å². The number of hydrogen-bond donors (Lipinski definition) is 2. The van der Waals surface area contributed by atoms with E-state index in [1.54, 1.807) is 10.7 Å². The smallest absolute Gasteiger partial charge is 0.159 e. The van der Waals surface area contributed by atoms with Gasteiger partial charge in [0.1, 0.15) is 11.6 Å². The van der Waals surface area contributed by atoms with Gasteiger partial charge < -0.3 is 5.43 Å². The van der Waals surface area contributed by atoms with Crippen LogP contribution < -0.4 is 11.3 Å². The molecule has 102 valence electrons. The maximum atomic E-state index is 5.46. The van der Waals surface area contributed by atoms with Crippen LogP contribution in [0.25, 0.3) is 5.82 Å². The van der Waals surface area contributed by atoms with E-state index in [2.05, 4.69) is 43.3 Å². The van der Waals surface area contributed by atoms with E-state index in [1.807, 2.05) is 13.8 Å². The molecule has 0 fully saturated rings. The van der Waals surface area contributed by atoms with Gasteiger partial charge in [0.25, 0.3) is 0 Å². The van der Waals surface area contributed by atoms with Crippen molar-refractivity contribution < 1.29 is 0 Å². The van der Waals surface area contributed by atoms with E-state index in [0.717, 1.165) is 40.3 Å². The highest BCUT2D eigenvalue weighted by molar-refractivity contribution is 9.10. The molecule has 2 aromatic heterocycles. The van der Waals surface area contributed by atoms with Crippen molar-refractivity contribution in [2.75, 3.05) is 5.43 Å². The standard InChI is InChI=1S/C12H17BrN6/c1-4-5-9-15-10(17-14)6-11(16-9)19-8(3)12(13)7(2)18-19/h6H,4-5,14H2,1-3H3,(H,15,16,17). The van der Waals surface area contributed by atoms with Crippen molar-refractivity contribution >= 4 is 21.7 Å². The summed E-state index contributed by atoms with van der Waals surface area (Å²) in [5.41, 5.74) is 4.50. The predicted octanol–water partition coefficient (Wildman–Crippen LogP) is 2.28. The summed E-state index contributed by atoms with van der Waals surface area (Å²) < 4.78 is 2.78. The van der Waals surface area contributed by atoms with Crippen LogP contribution in [0.1, 0.15) is 30.6 Å². The van der Waals surface area contributed by atoms with Crippen LogP contribution in [0.5, 0.6) is 0 Å². The zero-order chi connectivity index (χ0) is 14.0. The number of nitrogens with two attached hydrogens (primary N) is 1. The van der Waals surface area contributed by atoms with Crippen LogP contribution in [0.2, 0.25) is 0 Å². The summed E-state index contributed by atoms with van der Waals surface area (Å²) in [5.74, 6) is 7.53. The number of nitrogens with zero attached hydrogens (tertiary/aromatic N) is 4. The van der Waals surface area contributed by atoms with E-state index in [9.17, 15) is 0 Å². The van der Waals surface area contributed by atoms with E-state index in [0.29, 0.717) is 5.82 Å². The van der Waals surface area contributed by atoms with Crippen LogP contribution >= 0.6 is 15.9 Å². The molecule has 0 aliphatic heterocycles. The third-order valence-corrected chi connectivity index (χ3v) is 3.95. The monoisotopic (exact) mass is 324 g/mol. The van der Waals surface area contributed by atoms with E-state index in [4.69, 9.17) is 5.84 Å². The normalized spacial score (nSPS) is 10.8. The molecule has 0 aliphatic carbocycles. The second-order valence-corrected chi connectivity index (χ2v) is 5.11. The summed E-state index contributed by atoms with van der Waals surface area (Å²) in [6, 6.07) is 1.78. The van der Waals surface area contributed by atoms with Crippen LogP contribution in [0.15, 0.2) is 10.5 Å². The first-order chi connectivity index (χ1) is 9.06. The van der Waals surface area contributed by atoms with Crippen LogP contribution in [0.4, 0.5) is 5.82 Å². The molecule has 0 spiro atoms. The SMILES string of the molecule is CCCc1nc(NN)cc(-n2nc(C)c(Br)c2C)n1. The molecule has 6 nitrogen and oxygen atoms in total. The van der Waals surface area contributed by atoms with Gasteiger partial charge in [-0.05, 0) is 36.2 Å². The Bertz CT molecular complexity index is 592. The summed E-state index contributed by atoms with van der Waals surface area (Å²) >= 11 is 3.52. The zero-order valence-electron chi connectivity index (χ0n) is 11.2. The largest absolute Gasteiger partial charge is 0.308 e. The highest BCUT2D eigenvalue weighted by Gasteiger charge is 2.13. The number of nitrogens with one attached hydrogen (secondary N) is 1. The first-order valence-corrected chi connectivity index (χ1v) is 6.92. The molecular weight excluding hydrogens is 308 g/mol. The zero-order valence-corrected chi connectivity index (χ0v) is 12.8. The quantitative estimate of drug-likeness (QED) is 0.666. The lowest BCUT2D eigenvalue weighted by molar-refractivity contribution is 0.766. The van der Waals surface area contributed by atoms with E-state index >= 15 is 0 Å². The fourth-order valence-electron chi connectivity index (χ4n) is 1.85. The maximum absolute atomic E-state index is 5.46. The summed E-state index contributed by atoms with van der Waals surface area (Å²) in [6.07, 6.45) is 1.79. The number of aryl methyl sites for hydroxylation is 2. The average molecular weight is 325 g/mol. The van der Waals surface area contributed by atoms with Gasteiger partial charge in [-0.15, -0.1) is 0 Å². The van der Waals surface area contributed by atoms with Crippen molar-refractivity contribution in [3.05, 3.63) is 27.8 Å². The van der Waals surface area contributed by atoms with Crippen molar-refractivity contribution in [1.82, 2.24) is 19.7 Å². The van der Waals surface area contributed by atoms with Crippen molar-refractivity contribution in [1.29, 1.82) is 0 Å². The summed E-state index contributed by atoms with van der Waals surface area (Å²) in [7, 11) is 0. The molecule has 0 unspecified atom stereocenters. The predicted molar refractivity (Wildman–Crippen MR) is 78.1 cm³/mol. The molecule has 2 aromatic rings. The summed E-state index contributed by atoms with van der Waals surface area (Å²) in [5, 5.41) is 4.47. The first kappa shape index (κ1) is 14.0. The fourth-order valence-corrected chi connectivity index (χ4v) is 2.09. The fraction of sp³-hybridized carbons (Fsp3) is 0.417. The molecule has 19 heavy (non-hydrogen) atoms. The third kappa shape index (κ3) is 2.76. The molecular formula is C12H17BrN6. The number of aromatic nitrogens is 4. The third-order valence-electron chi connectivity index (χ3n) is 2.80. The lowest BCUT2D eigenvalue weighted by Gasteiger charge is -2.08. The second kappa shape index (κ2) is 5.66. The van der Waals surface area contributed by atoms with Gasteiger partial charge in [-0.25, -0.2) is 20.5 Å². The molecule has 0 bridgehead atoms. The molecule has 2 heterocycles. The molecule has 0 saturated carbocycles. The summed E-state index contributed by atoms with van der Waals surface area (Å²) in [6.45, 7) is 6.02. The molecule has 0 aliphatic rings. The minimum absolute atomic E-state index is 0.595. The second-order valence-electron chi connectivity index (χ2n) is 4.32. The van der Waals surface area contributed by atoms with Crippen molar-refractivity contribution in [3.8, 4) is 5.82 Å². The lowest BCUT2D eigenvalue weighted by atomic mass is 10.3. The minimum atomic E-state index is 0.595. The Morgan fingerprint density at radius 2 is 2.11 bits per heavy atom. The van der Waals surface area contributed by atoms with Gasteiger partial charge in [0, 0.05) is 12.5 Å². The molecule has 0 radical (unpaired) electrons. The lowest BCUT2D eigenvalue weighted by Crippen LogP contribution is -2.13. The van der Waals surface area contributed by atoms with E-state index in [-0.39, 0.29) is 0 Å². The Morgan fingerprint density at radius 3 is 2.63 bits per heavy atom. The number of nitrogen functional groups attached to an aromatic ring is 1. The molecule has 0 saturated heterocycles. The number of rotatable bonds is 4. The number of hydrogen-bond acceptors (Lipinski definition) is 5. The van der Waals surface area contributed by atoms with Gasteiger partial charge in [-0.2, -0.15) is 5.10 Å². The molecule has 7 heteroatoms. The van der Waals surface area contributed by atoms with Crippen LogP contribution in [-0.2, 0) is 6.42 Å². The number of anilines is 1. The molecule has 0 atom stereocenters. The van der Waals surface area contributed by atoms with Gasteiger partial charge in [0.05, 0.1) is 15.9 Å². The Balaban J connectivity index is 2.54. The topological polar surface area (TPSA) is 81.6 Å². The minimum Gasteiger partial charge on any atom is -0.308 e. The van der Waals surface area contributed by atoms with Crippen LogP contribution in [0, 0.1) is 13.8 Å². The van der Waals surface area contributed by atoms with Gasteiger partial charge in [0.15, 0.2) is 5.82 Å². The van der Waals surface area contributed by atoms with Gasteiger partial charge in [0.2, 0.25) is 0 Å². The summed E-state index contributed by atoms with van der Waals surface area (Å²) in [4.78, 5) is 8.86. The molecule has 3 N–H and O–H groups in total. The van der Waals surface area contributed by atoms with Crippen LogP contribution in [0.3, 0.4) is 0 Å². The van der Waals surface area contributed by atoms with E-state index in [1.165, 1.54) is 0 Å². The average Bonchev–Trinajstić information content (AvgIpc) is 2.66. The van der Waals surface area contributed by atoms with Crippen molar-refractivity contribution in [2.24, 2.45) is 5.84 Å². The highest BCUT2D eigenvalue weighted by atomic mass is 79.9. The Hall–Kier alpha value is -1.47. The van der Waals surface area contributed by atoms with Crippen molar-refractivity contribution in [3.63, 3.8) is 0 Å². The maximum Gasteiger partial charge on any atom is 0.159 e. The first-order valence-electron chi connectivity index (χ1n) is 6.13. The molecule has 2 rings (SSSR count). The molecule has 0 aromatic carbocycles. The van der Waals surface area contributed by atoms with Crippen molar-refractivity contribution in [2.45, 2.75) is 33.6 Å². The Kier molecular flexibility index (Phi) is 4.16. The van der Waals surface area contributed by atoms with E-state index < -0.39 is 0 Å². The highest BCUT2D eigenvalue weighted by Crippen LogP contribution is 2.23. The number of halogens is 1. The molecule has 0 amide bonds. The van der Waals surface area contributed by atoms with Gasteiger partial charge in [-0.3, -0.25) is 0 Å². The number of hydrazine groups is 1. The van der Waals surface area contributed by atoms with Gasteiger partial charge in [-0.1, -0.05) is 6.92 Å².